The third kappa shape index (κ3) is 3.39. The molecule has 1 rings (SSSR count). The molecule has 2 N–H and O–H groups in total. The van der Waals surface area contributed by atoms with Crippen molar-refractivity contribution >= 4 is 12.0 Å². The van der Waals surface area contributed by atoms with Crippen molar-refractivity contribution in [2.45, 2.75) is 13.0 Å². The predicted molar refractivity (Wildman–Crippen MR) is 54.5 cm³/mol. The van der Waals surface area contributed by atoms with Crippen LogP contribution in [-0.2, 0) is 9.53 Å². The molecule has 0 saturated carbocycles. The Hall–Kier alpha value is -1.30. The van der Waals surface area contributed by atoms with Gasteiger partial charge in [-0.15, -0.1) is 0 Å². The molecule has 2 amide bonds. The number of amides is 2. The Bertz CT molecular complexity index is 245. The fraction of sp³-hybridized carbons (Fsp3) is 0.778. The minimum atomic E-state index is -0.333. The molecular weight excluding hydrogens is 198 g/mol. The van der Waals surface area contributed by atoms with Crippen molar-refractivity contribution in [3.63, 3.8) is 0 Å². The van der Waals surface area contributed by atoms with Gasteiger partial charge in [-0.2, -0.15) is 0 Å². The molecule has 1 unspecified atom stereocenters. The average Bonchev–Trinajstić information content (AvgIpc) is 2.63. The van der Waals surface area contributed by atoms with E-state index < -0.39 is 0 Å². The van der Waals surface area contributed by atoms with Crippen molar-refractivity contribution in [2.75, 3.05) is 33.3 Å². The van der Waals surface area contributed by atoms with Gasteiger partial charge in [0.2, 0.25) is 0 Å². The number of rotatable bonds is 5. The highest BCUT2D eigenvalue weighted by molar-refractivity contribution is 5.76. The number of methoxy groups -OCH3 is 1. The number of esters is 1. The van der Waals surface area contributed by atoms with Gasteiger partial charge in [-0.1, -0.05) is 0 Å². The lowest BCUT2D eigenvalue weighted by Gasteiger charge is -2.16. The average molecular weight is 215 g/mol. The summed E-state index contributed by atoms with van der Waals surface area (Å²) in [6, 6.07) is -0.372. The number of ether oxygens (including phenoxy) is 1. The van der Waals surface area contributed by atoms with Crippen LogP contribution in [0.25, 0.3) is 0 Å². The number of hydrogen-bond acceptors (Lipinski definition) is 4. The smallest absolute Gasteiger partial charge is 0.322 e. The summed E-state index contributed by atoms with van der Waals surface area (Å²) in [4.78, 5) is 23.9. The van der Waals surface area contributed by atoms with Gasteiger partial charge in [-0.3, -0.25) is 4.79 Å². The first-order valence-electron chi connectivity index (χ1n) is 4.99. The number of carbonyl (C=O) groups is 2. The van der Waals surface area contributed by atoms with Crippen LogP contribution in [0, 0.1) is 0 Å². The van der Waals surface area contributed by atoms with Crippen molar-refractivity contribution < 1.29 is 14.3 Å². The van der Waals surface area contributed by atoms with Gasteiger partial charge in [0.05, 0.1) is 7.11 Å². The number of nitrogens with one attached hydrogen (secondary N) is 2. The second-order valence-electron chi connectivity index (χ2n) is 3.42. The standard InChI is InChI=1S/C9H17N3O3/c1-7(8(13)15-2)10-3-5-12-6-4-11-9(12)14/h7,10H,3-6H2,1-2H3,(H,11,14). The highest BCUT2D eigenvalue weighted by Crippen LogP contribution is 1.95. The molecule has 1 atom stereocenters. The second-order valence-corrected chi connectivity index (χ2v) is 3.42. The van der Waals surface area contributed by atoms with E-state index in [1.54, 1.807) is 11.8 Å². The molecule has 0 radical (unpaired) electrons. The summed E-state index contributed by atoms with van der Waals surface area (Å²) in [6.07, 6.45) is 0. The van der Waals surface area contributed by atoms with Crippen LogP contribution in [0.4, 0.5) is 4.79 Å². The Kier molecular flexibility index (Phi) is 4.36. The zero-order chi connectivity index (χ0) is 11.3. The van der Waals surface area contributed by atoms with Crippen LogP contribution in [0.2, 0.25) is 0 Å². The van der Waals surface area contributed by atoms with E-state index >= 15 is 0 Å². The normalized spacial score (nSPS) is 17.5. The molecule has 15 heavy (non-hydrogen) atoms. The summed E-state index contributed by atoms with van der Waals surface area (Å²) < 4.78 is 4.56. The van der Waals surface area contributed by atoms with E-state index in [4.69, 9.17) is 0 Å². The van der Waals surface area contributed by atoms with E-state index in [1.165, 1.54) is 7.11 Å². The maximum absolute atomic E-state index is 11.1. The topological polar surface area (TPSA) is 70.7 Å². The Balaban J connectivity index is 2.15. The quantitative estimate of drug-likeness (QED) is 0.587. The first kappa shape index (κ1) is 11.8. The number of nitrogens with zero attached hydrogens (tertiary/aromatic N) is 1. The number of urea groups is 1. The van der Waals surface area contributed by atoms with Crippen molar-refractivity contribution in [2.24, 2.45) is 0 Å². The maximum Gasteiger partial charge on any atom is 0.322 e. The fourth-order valence-electron chi connectivity index (χ4n) is 1.40. The molecule has 1 aliphatic heterocycles. The minimum absolute atomic E-state index is 0.0393. The summed E-state index contributed by atoms with van der Waals surface area (Å²) in [5.41, 5.74) is 0. The van der Waals surface area contributed by atoms with Gasteiger partial charge in [-0.25, -0.2) is 4.79 Å². The SMILES string of the molecule is COC(=O)C(C)NCCN1CCNC1=O. The molecule has 1 aliphatic rings. The van der Waals surface area contributed by atoms with E-state index in [-0.39, 0.29) is 18.0 Å². The zero-order valence-corrected chi connectivity index (χ0v) is 9.08. The monoisotopic (exact) mass is 215 g/mol. The highest BCUT2D eigenvalue weighted by Gasteiger charge is 2.19. The fourth-order valence-corrected chi connectivity index (χ4v) is 1.40. The van der Waals surface area contributed by atoms with Crippen molar-refractivity contribution in [1.82, 2.24) is 15.5 Å². The lowest BCUT2D eigenvalue weighted by molar-refractivity contribution is -0.142. The van der Waals surface area contributed by atoms with Gasteiger partial charge in [0.15, 0.2) is 0 Å². The van der Waals surface area contributed by atoms with Crippen LogP contribution >= 0.6 is 0 Å². The summed E-state index contributed by atoms with van der Waals surface area (Å²) >= 11 is 0. The van der Waals surface area contributed by atoms with Crippen LogP contribution < -0.4 is 10.6 Å². The first-order valence-corrected chi connectivity index (χ1v) is 4.99. The molecule has 0 aromatic heterocycles. The largest absolute Gasteiger partial charge is 0.468 e. The first-order chi connectivity index (χ1) is 7.15. The predicted octanol–water partition coefficient (Wildman–Crippen LogP) is -0.837. The van der Waals surface area contributed by atoms with Gasteiger partial charge >= 0.3 is 12.0 Å². The molecule has 0 aliphatic carbocycles. The van der Waals surface area contributed by atoms with Crippen LogP contribution in [0.3, 0.4) is 0 Å². The van der Waals surface area contributed by atoms with E-state index in [2.05, 4.69) is 15.4 Å². The Morgan fingerprint density at radius 1 is 1.73 bits per heavy atom. The lowest BCUT2D eigenvalue weighted by Crippen LogP contribution is -2.41. The van der Waals surface area contributed by atoms with Gasteiger partial charge in [0, 0.05) is 26.2 Å². The zero-order valence-electron chi connectivity index (χ0n) is 9.08. The maximum atomic E-state index is 11.1. The number of carbonyl (C=O) groups excluding carboxylic acids is 2. The minimum Gasteiger partial charge on any atom is -0.468 e. The highest BCUT2D eigenvalue weighted by atomic mass is 16.5. The van der Waals surface area contributed by atoms with Crippen molar-refractivity contribution in [3.05, 3.63) is 0 Å². The molecule has 6 nitrogen and oxygen atoms in total. The third-order valence-electron chi connectivity index (χ3n) is 2.33. The molecule has 0 spiro atoms. The summed E-state index contributed by atoms with van der Waals surface area (Å²) in [5, 5.41) is 5.69. The lowest BCUT2D eigenvalue weighted by atomic mass is 10.3. The molecule has 1 fully saturated rings. The molecule has 86 valence electrons. The Labute approximate surface area is 88.9 Å². The van der Waals surface area contributed by atoms with Gasteiger partial charge in [-0.05, 0) is 6.92 Å². The molecule has 0 bridgehead atoms. The number of hydrogen-bond donors (Lipinski definition) is 2. The summed E-state index contributed by atoms with van der Waals surface area (Å²) in [6.45, 7) is 4.35. The van der Waals surface area contributed by atoms with Crippen LogP contribution in [-0.4, -0.2) is 56.2 Å². The van der Waals surface area contributed by atoms with Gasteiger partial charge in [0.25, 0.3) is 0 Å². The van der Waals surface area contributed by atoms with Crippen molar-refractivity contribution in [1.29, 1.82) is 0 Å². The second kappa shape index (κ2) is 5.55. The van der Waals surface area contributed by atoms with E-state index in [0.717, 1.165) is 6.54 Å². The molecule has 1 saturated heterocycles. The summed E-state index contributed by atoms with van der Waals surface area (Å²) in [7, 11) is 1.36. The van der Waals surface area contributed by atoms with Gasteiger partial charge in [0.1, 0.15) is 6.04 Å². The Morgan fingerprint density at radius 2 is 2.47 bits per heavy atom. The van der Waals surface area contributed by atoms with Crippen molar-refractivity contribution in [3.8, 4) is 0 Å². The molecule has 1 heterocycles. The summed E-state index contributed by atoms with van der Waals surface area (Å²) in [5.74, 6) is -0.291. The Morgan fingerprint density at radius 3 is 3.00 bits per heavy atom. The molecular formula is C9H17N3O3. The van der Waals surface area contributed by atoms with E-state index in [0.29, 0.717) is 19.6 Å². The van der Waals surface area contributed by atoms with Gasteiger partial charge < -0.3 is 20.3 Å². The molecule has 0 aromatic rings. The van der Waals surface area contributed by atoms with Crippen LogP contribution in [0.5, 0.6) is 0 Å². The van der Waals surface area contributed by atoms with Crippen LogP contribution in [0.15, 0.2) is 0 Å². The third-order valence-corrected chi connectivity index (χ3v) is 2.33. The van der Waals surface area contributed by atoms with Crippen LogP contribution in [0.1, 0.15) is 6.92 Å². The molecule has 0 aromatic carbocycles. The molecule has 6 heteroatoms. The van der Waals surface area contributed by atoms with E-state index in [9.17, 15) is 9.59 Å². The van der Waals surface area contributed by atoms with E-state index in [1.807, 2.05) is 0 Å².